The number of aryl methyl sites for hydroxylation is 1. The SMILES string of the molecule is Cc1nnc(CNCC(C)(C)CCCO)n1C. The second kappa shape index (κ2) is 6.12. The van der Waals surface area contributed by atoms with Crippen molar-refractivity contribution in [3.8, 4) is 0 Å². The van der Waals surface area contributed by atoms with E-state index in [1.807, 2.05) is 18.5 Å². The average Bonchev–Trinajstić information content (AvgIpc) is 2.58. The van der Waals surface area contributed by atoms with Gasteiger partial charge in [0.25, 0.3) is 0 Å². The van der Waals surface area contributed by atoms with Gasteiger partial charge in [0.15, 0.2) is 0 Å². The van der Waals surface area contributed by atoms with Crippen molar-refractivity contribution in [3.05, 3.63) is 11.6 Å². The fourth-order valence-corrected chi connectivity index (χ4v) is 1.76. The second-order valence-corrected chi connectivity index (χ2v) is 5.32. The summed E-state index contributed by atoms with van der Waals surface area (Å²) in [4.78, 5) is 0. The number of rotatable bonds is 7. The van der Waals surface area contributed by atoms with Crippen molar-refractivity contribution in [2.24, 2.45) is 12.5 Å². The lowest BCUT2D eigenvalue weighted by Crippen LogP contribution is -2.30. The summed E-state index contributed by atoms with van der Waals surface area (Å²) in [6.07, 6.45) is 1.88. The number of aliphatic hydroxyl groups excluding tert-OH is 1. The quantitative estimate of drug-likeness (QED) is 0.746. The van der Waals surface area contributed by atoms with Crippen LogP contribution < -0.4 is 5.32 Å². The Hall–Kier alpha value is -0.940. The lowest BCUT2D eigenvalue weighted by Gasteiger charge is -2.24. The van der Waals surface area contributed by atoms with Crippen molar-refractivity contribution in [1.82, 2.24) is 20.1 Å². The van der Waals surface area contributed by atoms with Crippen molar-refractivity contribution in [3.63, 3.8) is 0 Å². The van der Waals surface area contributed by atoms with E-state index in [0.29, 0.717) is 0 Å². The Morgan fingerprint density at radius 2 is 2.06 bits per heavy atom. The number of aromatic nitrogens is 3. The molecule has 0 aromatic carbocycles. The highest BCUT2D eigenvalue weighted by atomic mass is 16.2. The number of aliphatic hydroxyl groups is 1. The van der Waals surface area contributed by atoms with Gasteiger partial charge in [0.1, 0.15) is 11.6 Å². The lowest BCUT2D eigenvalue weighted by molar-refractivity contribution is 0.236. The zero-order valence-electron chi connectivity index (χ0n) is 11.3. The van der Waals surface area contributed by atoms with Crippen LogP contribution in [0.25, 0.3) is 0 Å². The topological polar surface area (TPSA) is 63.0 Å². The molecule has 17 heavy (non-hydrogen) atoms. The summed E-state index contributed by atoms with van der Waals surface area (Å²) in [7, 11) is 1.98. The number of hydrogen-bond donors (Lipinski definition) is 2. The molecule has 0 saturated carbocycles. The molecule has 0 bridgehead atoms. The third-order valence-corrected chi connectivity index (χ3v) is 3.08. The summed E-state index contributed by atoms with van der Waals surface area (Å²) in [5.41, 5.74) is 0.205. The van der Waals surface area contributed by atoms with Crippen LogP contribution in [0.5, 0.6) is 0 Å². The van der Waals surface area contributed by atoms with E-state index in [1.165, 1.54) is 0 Å². The van der Waals surface area contributed by atoms with E-state index < -0.39 is 0 Å². The molecular formula is C12H24N4O. The van der Waals surface area contributed by atoms with Gasteiger partial charge in [-0.05, 0) is 25.2 Å². The molecule has 98 valence electrons. The molecule has 0 aliphatic rings. The lowest BCUT2D eigenvalue weighted by atomic mass is 9.88. The van der Waals surface area contributed by atoms with Gasteiger partial charge in [-0.25, -0.2) is 0 Å². The molecule has 0 fully saturated rings. The van der Waals surface area contributed by atoms with E-state index in [4.69, 9.17) is 5.11 Å². The molecule has 5 nitrogen and oxygen atoms in total. The van der Waals surface area contributed by atoms with Crippen molar-refractivity contribution < 1.29 is 5.11 Å². The van der Waals surface area contributed by atoms with E-state index in [0.717, 1.165) is 37.6 Å². The largest absolute Gasteiger partial charge is 0.396 e. The Bertz CT molecular complexity index is 346. The molecule has 1 aromatic rings. The first kappa shape index (κ1) is 14.1. The van der Waals surface area contributed by atoms with Gasteiger partial charge in [0.2, 0.25) is 0 Å². The van der Waals surface area contributed by atoms with Crippen molar-refractivity contribution in [2.75, 3.05) is 13.2 Å². The van der Waals surface area contributed by atoms with Crippen molar-refractivity contribution in [1.29, 1.82) is 0 Å². The molecule has 0 amide bonds. The summed E-state index contributed by atoms with van der Waals surface area (Å²) in [5, 5.41) is 20.4. The molecule has 0 saturated heterocycles. The standard InChI is InChI=1S/C12H24N4O/c1-10-14-15-11(16(10)4)8-13-9-12(2,3)6-5-7-17/h13,17H,5-9H2,1-4H3. The number of nitrogens with zero attached hydrogens (tertiary/aromatic N) is 3. The summed E-state index contributed by atoms with van der Waals surface area (Å²) >= 11 is 0. The average molecular weight is 240 g/mol. The second-order valence-electron chi connectivity index (χ2n) is 5.32. The normalized spacial score (nSPS) is 12.1. The number of nitrogens with one attached hydrogen (secondary N) is 1. The molecule has 0 radical (unpaired) electrons. The van der Waals surface area contributed by atoms with E-state index >= 15 is 0 Å². The molecule has 1 rings (SSSR count). The van der Waals surface area contributed by atoms with Gasteiger partial charge >= 0.3 is 0 Å². The molecule has 1 aromatic heterocycles. The summed E-state index contributed by atoms with van der Waals surface area (Å²) < 4.78 is 1.99. The van der Waals surface area contributed by atoms with Crippen LogP contribution in [0.4, 0.5) is 0 Å². The smallest absolute Gasteiger partial charge is 0.146 e. The van der Waals surface area contributed by atoms with Gasteiger partial charge in [-0.1, -0.05) is 13.8 Å². The van der Waals surface area contributed by atoms with Gasteiger partial charge in [-0.15, -0.1) is 10.2 Å². The first-order valence-corrected chi connectivity index (χ1v) is 6.13. The molecule has 0 aliphatic heterocycles. The molecule has 1 heterocycles. The van der Waals surface area contributed by atoms with Crippen LogP contribution in [0.15, 0.2) is 0 Å². The molecule has 5 heteroatoms. The van der Waals surface area contributed by atoms with Gasteiger partial charge < -0.3 is 15.0 Å². The Kier molecular flexibility index (Phi) is 5.08. The molecule has 0 spiro atoms. The Labute approximate surface area is 103 Å². The van der Waals surface area contributed by atoms with Crippen LogP contribution in [0, 0.1) is 12.3 Å². The highest BCUT2D eigenvalue weighted by Crippen LogP contribution is 2.20. The van der Waals surface area contributed by atoms with Gasteiger partial charge in [-0.3, -0.25) is 0 Å². The zero-order chi connectivity index (χ0) is 12.9. The maximum absolute atomic E-state index is 8.83. The molecule has 0 atom stereocenters. The van der Waals surface area contributed by atoms with E-state index in [-0.39, 0.29) is 12.0 Å². The van der Waals surface area contributed by atoms with Crippen molar-refractivity contribution >= 4 is 0 Å². The Morgan fingerprint density at radius 3 is 2.59 bits per heavy atom. The minimum atomic E-state index is 0.205. The van der Waals surface area contributed by atoms with Crippen LogP contribution >= 0.6 is 0 Å². The Morgan fingerprint density at radius 1 is 1.35 bits per heavy atom. The van der Waals surface area contributed by atoms with Gasteiger partial charge in [0.05, 0.1) is 6.54 Å². The fraction of sp³-hybridized carbons (Fsp3) is 0.833. The predicted molar refractivity (Wildman–Crippen MR) is 67.5 cm³/mol. The number of hydrogen-bond acceptors (Lipinski definition) is 4. The van der Waals surface area contributed by atoms with E-state index in [2.05, 4.69) is 29.4 Å². The van der Waals surface area contributed by atoms with Crippen LogP contribution in [-0.4, -0.2) is 33.0 Å². The third-order valence-electron chi connectivity index (χ3n) is 3.08. The van der Waals surface area contributed by atoms with E-state index in [1.54, 1.807) is 0 Å². The van der Waals surface area contributed by atoms with Crippen LogP contribution in [0.3, 0.4) is 0 Å². The fourth-order valence-electron chi connectivity index (χ4n) is 1.76. The monoisotopic (exact) mass is 240 g/mol. The molecular weight excluding hydrogens is 216 g/mol. The summed E-state index contributed by atoms with van der Waals surface area (Å²) in [5.74, 6) is 1.89. The highest BCUT2D eigenvalue weighted by Gasteiger charge is 2.17. The van der Waals surface area contributed by atoms with Gasteiger partial charge in [0, 0.05) is 20.2 Å². The molecule has 0 aliphatic carbocycles. The maximum Gasteiger partial charge on any atom is 0.146 e. The zero-order valence-corrected chi connectivity index (χ0v) is 11.3. The molecule has 0 unspecified atom stereocenters. The minimum Gasteiger partial charge on any atom is -0.396 e. The molecule has 2 N–H and O–H groups in total. The van der Waals surface area contributed by atoms with Crippen LogP contribution in [-0.2, 0) is 13.6 Å². The first-order chi connectivity index (χ1) is 7.96. The third kappa shape index (κ3) is 4.44. The van der Waals surface area contributed by atoms with Gasteiger partial charge in [-0.2, -0.15) is 0 Å². The van der Waals surface area contributed by atoms with Crippen LogP contribution in [0.2, 0.25) is 0 Å². The minimum absolute atomic E-state index is 0.205. The summed E-state index contributed by atoms with van der Waals surface area (Å²) in [6.45, 7) is 8.28. The highest BCUT2D eigenvalue weighted by molar-refractivity contribution is 4.92. The summed E-state index contributed by atoms with van der Waals surface area (Å²) in [6, 6.07) is 0. The first-order valence-electron chi connectivity index (χ1n) is 6.13. The maximum atomic E-state index is 8.83. The predicted octanol–water partition coefficient (Wildman–Crippen LogP) is 1.01. The van der Waals surface area contributed by atoms with Crippen molar-refractivity contribution in [2.45, 2.75) is 40.2 Å². The Balaban J connectivity index is 2.34. The van der Waals surface area contributed by atoms with Crippen LogP contribution in [0.1, 0.15) is 38.3 Å². The van der Waals surface area contributed by atoms with E-state index in [9.17, 15) is 0 Å².